The number of fused-ring (bicyclic) bond motifs is 1. The van der Waals surface area contributed by atoms with Crippen LogP contribution in [0.1, 0.15) is 20.7 Å². The summed E-state index contributed by atoms with van der Waals surface area (Å²) < 4.78 is 22.4. The standard InChI is InChI=1S/C22H20FN5O3/c1-27-11-15(20(24)29)19(31-3)18(27)21-26-16-10-14(7-8-17(16)28(21)2)25-22(30)12-5-4-6-13(23)9-12/h4-11H,1-3H3,(H2,24,29)(H,25,30). The van der Waals surface area contributed by atoms with Crippen LogP contribution in [-0.4, -0.2) is 33.0 Å². The average molecular weight is 421 g/mol. The Morgan fingerprint density at radius 3 is 2.61 bits per heavy atom. The van der Waals surface area contributed by atoms with E-state index in [9.17, 15) is 14.0 Å². The monoisotopic (exact) mass is 421 g/mol. The molecule has 9 heteroatoms. The first kappa shape index (κ1) is 20.1. The van der Waals surface area contributed by atoms with Gasteiger partial charge in [0.1, 0.15) is 11.5 Å². The number of methoxy groups -OCH3 is 1. The second-order valence-electron chi connectivity index (χ2n) is 7.06. The minimum absolute atomic E-state index is 0.217. The van der Waals surface area contributed by atoms with E-state index in [-0.39, 0.29) is 11.1 Å². The number of aromatic nitrogens is 3. The van der Waals surface area contributed by atoms with Gasteiger partial charge in [0, 0.05) is 31.5 Å². The van der Waals surface area contributed by atoms with Gasteiger partial charge in [-0.3, -0.25) is 9.59 Å². The van der Waals surface area contributed by atoms with Gasteiger partial charge in [-0.1, -0.05) is 6.07 Å². The van der Waals surface area contributed by atoms with E-state index in [4.69, 9.17) is 10.5 Å². The van der Waals surface area contributed by atoms with Gasteiger partial charge in [-0.15, -0.1) is 0 Å². The van der Waals surface area contributed by atoms with Crippen LogP contribution in [0.5, 0.6) is 5.75 Å². The zero-order chi connectivity index (χ0) is 22.3. The molecule has 8 nitrogen and oxygen atoms in total. The quantitative estimate of drug-likeness (QED) is 0.517. The molecule has 0 aliphatic carbocycles. The van der Waals surface area contributed by atoms with Gasteiger partial charge >= 0.3 is 0 Å². The highest BCUT2D eigenvalue weighted by molar-refractivity contribution is 6.05. The highest BCUT2D eigenvalue weighted by Gasteiger charge is 2.24. The van der Waals surface area contributed by atoms with Crippen molar-refractivity contribution in [3.63, 3.8) is 0 Å². The number of halogens is 1. The van der Waals surface area contributed by atoms with E-state index in [1.165, 1.54) is 31.4 Å². The maximum atomic E-state index is 13.4. The van der Waals surface area contributed by atoms with Crippen molar-refractivity contribution in [3.05, 3.63) is 65.6 Å². The number of rotatable bonds is 5. The molecule has 31 heavy (non-hydrogen) atoms. The normalized spacial score (nSPS) is 11.0. The molecule has 0 bridgehead atoms. The number of nitrogens with zero attached hydrogens (tertiary/aromatic N) is 3. The summed E-state index contributed by atoms with van der Waals surface area (Å²) in [6.07, 6.45) is 1.60. The number of hydrogen-bond acceptors (Lipinski definition) is 4. The molecule has 0 unspecified atom stereocenters. The maximum Gasteiger partial charge on any atom is 0.255 e. The van der Waals surface area contributed by atoms with Gasteiger partial charge in [-0.05, 0) is 36.4 Å². The first-order valence-electron chi connectivity index (χ1n) is 9.37. The summed E-state index contributed by atoms with van der Waals surface area (Å²) in [5.74, 6) is -0.599. The molecule has 0 aliphatic rings. The maximum absolute atomic E-state index is 13.4. The number of carbonyl (C=O) groups excluding carboxylic acids is 2. The minimum Gasteiger partial charge on any atom is -0.494 e. The number of carbonyl (C=O) groups is 2. The Hall–Kier alpha value is -4.14. The second kappa shape index (κ2) is 7.60. The molecule has 3 N–H and O–H groups in total. The van der Waals surface area contributed by atoms with Crippen molar-refractivity contribution in [3.8, 4) is 17.3 Å². The van der Waals surface area contributed by atoms with E-state index in [0.717, 1.165) is 5.52 Å². The van der Waals surface area contributed by atoms with Crippen LogP contribution in [-0.2, 0) is 14.1 Å². The lowest BCUT2D eigenvalue weighted by atomic mass is 10.2. The molecule has 0 saturated heterocycles. The van der Waals surface area contributed by atoms with E-state index in [2.05, 4.69) is 10.3 Å². The van der Waals surface area contributed by atoms with Gasteiger partial charge in [0.2, 0.25) is 0 Å². The number of nitrogens with two attached hydrogens (primary N) is 1. The molecule has 4 rings (SSSR count). The van der Waals surface area contributed by atoms with E-state index >= 15 is 0 Å². The Morgan fingerprint density at radius 2 is 1.94 bits per heavy atom. The summed E-state index contributed by atoms with van der Waals surface area (Å²) in [5.41, 5.74) is 8.49. The van der Waals surface area contributed by atoms with Crippen LogP contribution in [0.3, 0.4) is 0 Å². The number of benzene rings is 2. The predicted octanol–water partition coefficient (Wildman–Crippen LogP) is 3.08. The van der Waals surface area contributed by atoms with Gasteiger partial charge in [0.25, 0.3) is 11.8 Å². The van der Waals surface area contributed by atoms with E-state index in [0.29, 0.717) is 28.5 Å². The molecule has 0 atom stereocenters. The van der Waals surface area contributed by atoms with Crippen LogP contribution >= 0.6 is 0 Å². The Balaban J connectivity index is 1.74. The molecule has 2 amide bonds. The Kier molecular flexibility index (Phi) is 4.94. The summed E-state index contributed by atoms with van der Waals surface area (Å²) in [4.78, 5) is 28.9. The molecule has 2 aromatic heterocycles. The van der Waals surface area contributed by atoms with Gasteiger partial charge in [0.05, 0.1) is 23.7 Å². The summed E-state index contributed by atoms with van der Waals surface area (Å²) in [6, 6.07) is 10.7. The number of primary amides is 1. The lowest BCUT2D eigenvalue weighted by molar-refractivity contribution is 0.0995. The molecule has 158 valence electrons. The van der Waals surface area contributed by atoms with E-state index in [1.807, 2.05) is 17.7 Å². The van der Waals surface area contributed by atoms with Crippen molar-refractivity contribution in [1.82, 2.24) is 14.1 Å². The zero-order valence-corrected chi connectivity index (χ0v) is 17.1. The average Bonchev–Trinajstić information content (AvgIpc) is 3.24. The van der Waals surface area contributed by atoms with Crippen LogP contribution in [0, 0.1) is 5.82 Å². The number of imidazole rings is 1. The minimum atomic E-state index is -0.597. The van der Waals surface area contributed by atoms with Crippen molar-refractivity contribution in [2.75, 3.05) is 12.4 Å². The molecule has 4 aromatic rings. The molecule has 0 radical (unpaired) electrons. The van der Waals surface area contributed by atoms with Crippen LogP contribution < -0.4 is 15.8 Å². The molecular formula is C22H20FN5O3. The smallest absolute Gasteiger partial charge is 0.255 e. The third-order valence-corrected chi connectivity index (χ3v) is 5.04. The predicted molar refractivity (Wildman–Crippen MR) is 115 cm³/mol. The number of nitrogens with one attached hydrogen (secondary N) is 1. The van der Waals surface area contributed by atoms with E-state index < -0.39 is 17.6 Å². The highest BCUT2D eigenvalue weighted by Crippen LogP contribution is 2.35. The summed E-state index contributed by atoms with van der Waals surface area (Å²) in [5, 5.41) is 2.75. The van der Waals surface area contributed by atoms with Gasteiger partial charge in [-0.25, -0.2) is 9.37 Å². The number of aryl methyl sites for hydroxylation is 2. The van der Waals surface area contributed by atoms with Crippen LogP contribution in [0.2, 0.25) is 0 Å². The van der Waals surface area contributed by atoms with Crippen LogP contribution in [0.4, 0.5) is 10.1 Å². The highest BCUT2D eigenvalue weighted by atomic mass is 19.1. The summed E-state index contributed by atoms with van der Waals surface area (Å²) in [6.45, 7) is 0. The second-order valence-corrected chi connectivity index (χ2v) is 7.06. The van der Waals surface area contributed by atoms with Crippen LogP contribution in [0.25, 0.3) is 22.6 Å². The fraction of sp³-hybridized carbons (Fsp3) is 0.136. The van der Waals surface area contributed by atoms with Crippen LogP contribution in [0.15, 0.2) is 48.7 Å². The molecule has 0 aliphatic heterocycles. The molecule has 2 heterocycles. The molecule has 0 saturated carbocycles. The first-order valence-corrected chi connectivity index (χ1v) is 9.37. The molecule has 2 aromatic carbocycles. The van der Waals surface area contributed by atoms with Gasteiger partial charge in [-0.2, -0.15) is 0 Å². The summed E-state index contributed by atoms with van der Waals surface area (Å²) >= 11 is 0. The first-order chi connectivity index (χ1) is 14.8. The van der Waals surface area contributed by atoms with Crippen molar-refractivity contribution in [2.45, 2.75) is 0 Å². The lowest BCUT2D eigenvalue weighted by Gasteiger charge is -2.07. The lowest BCUT2D eigenvalue weighted by Crippen LogP contribution is -2.11. The number of ether oxygens (including phenoxy) is 1. The summed E-state index contributed by atoms with van der Waals surface area (Å²) in [7, 11) is 5.08. The fourth-order valence-electron chi connectivity index (χ4n) is 3.57. The van der Waals surface area contributed by atoms with Crippen molar-refractivity contribution >= 4 is 28.5 Å². The van der Waals surface area contributed by atoms with Crippen molar-refractivity contribution < 1.29 is 18.7 Å². The van der Waals surface area contributed by atoms with Gasteiger partial charge < -0.3 is 24.9 Å². The number of anilines is 1. The van der Waals surface area contributed by atoms with Crippen molar-refractivity contribution in [1.29, 1.82) is 0 Å². The Bertz CT molecular complexity index is 1340. The number of amides is 2. The zero-order valence-electron chi connectivity index (χ0n) is 17.1. The topological polar surface area (TPSA) is 104 Å². The Labute approximate surface area is 177 Å². The fourth-order valence-corrected chi connectivity index (χ4v) is 3.57. The molecular weight excluding hydrogens is 401 g/mol. The number of hydrogen-bond donors (Lipinski definition) is 2. The third-order valence-electron chi connectivity index (χ3n) is 5.04. The van der Waals surface area contributed by atoms with E-state index in [1.54, 1.807) is 29.9 Å². The SMILES string of the molecule is COc1c(C(N)=O)cn(C)c1-c1nc2cc(NC(=O)c3cccc(F)c3)ccc2n1C. The Morgan fingerprint density at radius 1 is 1.16 bits per heavy atom. The largest absolute Gasteiger partial charge is 0.494 e. The third kappa shape index (κ3) is 3.50. The van der Waals surface area contributed by atoms with Crippen molar-refractivity contribution in [2.24, 2.45) is 19.8 Å². The van der Waals surface area contributed by atoms with Gasteiger partial charge in [0.15, 0.2) is 11.6 Å². The molecule has 0 fully saturated rings. The molecule has 0 spiro atoms.